The first kappa shape index (κ1) is 28.3. The lowest BCUT2D eigenvalue weighted by atomic mass is 9.83. The molecule has 0 amide bonds. The molecule has 0 aliphatic carbocycles. The van der Waals surface area contributed by atoms with E-state index in [9.17, 15) is 35.1 Å². The Morgan fingerprint density at radius 1 is 0.775 bits per heavy atom. The molecule has 2 bridgehead atoms. The minimum atomic E-state index is -4.62. The van der Waals surface area contributed by atoms with Crippen LogP contribution in [-0.4, -0.2) is 19.8 Å². The van der Waals surface area contributed by atoms with Crippen molar-refractivity contribution in [2.24, 2.45) is 5.41 Å². The summed E-state index contributed by atoms with van der Waals surface area (Å²) in [4.78, 5) is 0. The molecule has 3 heterocycles. The summed E-state index contributed by atoms with van der Waals surface area (Å²) in [6, 6.07) is 4.25. The highest BCUT2D eigenvalue weighted by Gasteiger charge is 2.54. The second-order valence-corrected chi connectivity index (χ2v) is 9.86. The van der Waals surface area contributed by atoms with Gasteiger partial charge in [-0.2, -0.15) is 8.78 Å². The lowest BCUT2D eigenvalue weighted by Gasteiger charge is -2.52. The van der Waals surface area contributed by atoms with Crippen LogP contribution in [0.2, 0.25) is 0 Å². The summed E-state index contributed by atoms with van der Waals surface area (Å²) in [5.41, 5.74) is -3.35. The van der Waals surface area contributed by atoms with Gasteiger partial charge in [0, 0.05) is 22.6 Å². The van der Waals surface area contributed by atoms with Crippen molar-refractivity contribution < 1.29 is 54.1 Å². The molecule has 0 spiro atoms. The van der Waals surface area contributed by atoms with Crippen molar-refractivity contribution in [3.05, 3.63) is 88.5 Å². The lowest BCUT2D eigenvalue weighted by molar-refractivity contribution is -0.480. The van der Waals surface area contributed by atoms with Crippen LogP contribution in [0.1, 0.15) is 37.3 Å². The van der Waals surface area contributed by atoms with Gasteiger partial charge in [0.25, 0.3) is 0 Å². The third-order valence-corrected chi connectivity index (χ3v) is 6.93. The molecule has 0 radical (unpaired) electrons. The van der Waals surface area contributed by atoms with Crippen LogP contribution in [0.4, 0.5) is 35.1 Å². The summed E-state index contributed by atoms with van der Waals surface area (Å²) >= 11 is 0. The fraction of sp³-hybridized carbons (Fsp3) is 0.357. The second kappa shape index (κ2) is 10.3. The van der Waals surface area contributed by atoms with Crippen LogP contribution in [0.3, 0.4) is 0 Å². The van der Waals surface area contributed by atoms with Gasteiger partial charge in [-0.25, -0.2) is 26.3 Å². The fourth-order valence-corrected chi connectivity index (χ4v) is 4.74. The molecular weight excluding hydrogens is 552 g/mol. The Labute approximate surface area is 223 Å². The van der Waals surface area contributed by atoms with Gasteiger partial charge in [-0.05, 0) is 48.4 Å². The first-order valence-electron chi connectivity index (χ1n) is 12.3. The van der Waals surface area contributed by atoms with Crippen LogP contribution in [0, 0.1) is 40.3 Å². The van der Waals surface area contributed by atoms with Crippen LogP contribution in [0.15, 0.2) is 42.5 Å². The van der Waals surface area contributed by atoms with E-state index in [4.69, 9.17) is 14.2 Å². The van der Waals surface area contributed by atoms with E-state index in [2.05, 4.69) is 4.74 Å². The van der Waals surface area contributed by atoms with Crippen LogP contribution in [-0.2, 0) is 26.3 Å². The van der Waals surface area contributed by atoms with Crippen molar-refractivity contribution in [3.8, 4) is 16.9 Å². The van der Waals surface area contributed by atoms with Crippen molar-refractivity contribution in [2.45, 2.75) is 38.3 Å². The van der Waals surface area contributed by atoms with Crippen molar-refractivity contribution in [2.75, 3.05) is 19.8 Å². The van der Waals surface area contributed by atoms with Crippen molar-refractivity contribution in [3.63, 3.8) is 0 Å². The topological polar surface area (TPSA) is 36.9 Å². The van der Waals surface area contributed by atoms with Gasteiger partial charge in [0.2, 0.25) is 0 Å². The molecule has 40 heavy (non-hydrogen) atoms. The molecule has 0 N–H and O–H groups in total. The Bertz CT molecular complexity index is 1370. The number of halogens is 8. The van der Waals surface area contributed by atoms with Crippen LogP contribution >= 0.6 is 0 Å². The summed E-state index contributed by atoms with van der Waals surface area (Å²) in [5.74, 6) is -12.4. The van der Waals surface area contributed by atoms with E-state index < -0.39 is 74.8 Å². The maximum absolute atomic E-state index is 15.0. The molecule has 3 saturated heterocycles. The molecule has 3 aromatic rings. The van der Waals surface area contributed by atoms with Crippen LogP contribution in [0.25, 0.3) is 11.1 Å². The molecule has 0 unspecified atom stereocenters. The predicted molar refractivity (Wildman–Crippen MR) is 124 cm³/mol. The number of fused-ring (bicyclic) bond motifs is 3. The van der Waals surface area contributed by atoms with Crippen molar-refractivity contribution >= 4 is 0 Å². The standard InChI is InChI=1S/C28H22F8O4/c1-2-3-6-26-12-37-28(38-13-26,39-14-26)16-9-20(30)24(21(31)10-16)27(35,36)40-17-4-5-18(19(29)11-17)15-7-22(32)25(34)23(33)8-15/h4-5,7-11H,2-3,6,12-14H2,1H3. The van der Waals surface area contributed by atoms with Gasteiger partial charge >= 0.3 is 12.1 Å². The Hall–Kier alpha value is -3.22. The Balaban J connectivity index is 1.37. The molecular formula is C28H22F8O4. The summed E-state index contributed by atoms with van der Waals surface area (Å²) < 4.78 is 136. The molecule has 0 saturated carbocycles. The number of ether oxygens (including phenoxy) is 4. The maximum atomic E-state index is 15.0. The molecule has 3 aliphatic rings. The summed E-state index contributed by atoms with van der Waals surface area (Å²) in [6.07, 6.45) is -2.04. The highest BCUT2D eigenvalue weighted by Crippen LogP contribution is 2.47. The first-order chi connectivity index (χ1) is 18.9. The number of unbranched alkanes of at least 4 members (excludes halogenated alkanes) is 1. The van der Waals surface area contributed by atoms with Gasteiger partial charge in [-0.1, -0.05) is 19.8 Å². The van der Waals surface area contributed by atoms with E-state index in [1.54, 1.807) is 0 Å². The molecule has 3 fully saturated rings. The van der Waals surface area contributed by atoms with Crippen LogP contribution in [0.5, 0.6) is 5.75 Å². The van der Waals surface area contributed by atoms with Gasteiger partial charge in [-0.15, -0.1) is 0 Å². The Morgan fingerprint density at radius 2 is 1.35 bits per heavy atom. The van der Waals surface area contributed by atoms with Gasteiger partial charge in [-0.3, -0.25) is 0 Å². The van der Waals surface area contributed by atoms with E-state index in [0.29, 0.717) is 30.3 Å². The SMILES string of the molecule is CCCCC12COC(c3cc(F)c(C(F)(F)Oc4ccc(-c5cc(F)c(F)c(F)c5)c(F)c4)c(F)c3)(OC1)OC2. The first-order valence-corrected chi connectivity index (χ1v) is 12.3. The van der Waals surface area contributed by atoms with E-state index in [1.165, 1.54) is 0 Å². The Morgan fingerprint density at radius 3 is 1.88 bits per heavy atom. The third-order valence-electron chi connectivity index (χ3n) is 6.93. The molecule has 0 aromatic heterocycles. The quantitative estimate of drug-likeness (QED) is 0.204. The van der Waals surface area contributed by atoms with E-state index in [0.717, 1.165) is 31.4 Å². The summed E-state index contributed by atoms with van der Waals surface area (Å²) in [6.45, 7) is 2.59. The molecule has 3 aliphatic heterocycles. The number of benzene rings is 3. The van der Waals surface area contributed by atoms with Crippen LogP contribution < -0.4 is 4.74 Å². The molecule has 3 aromatic carbocycles. The second-order valence-electron chi connectivity index (χ2n) is 9.86. The monoisotopic (exact) mass is 574 g/mol. The summed E-state index contributed by atoms with van der Waals surface area (Å²) in [5, 5.41) is 0. The number of hydrogen-bond donors (Lipinski definition) is 0. The van der Waals surface area contributed by atoms with E-state index in [-0.39, 0.29) is 25.4 Å². The third kappa shape index (κ3) is 5.04. The highest BCUT2D eigenvalue weighted by atomic mass is 19.3. The van der Waals surface area contributed by atoms with E-state index in [1.807, 2.05) is 6.92 Å². The zero-order chi connectivity index (χ0) is 28.9. The van der Waals surface area contributed by atoms with Crippen molar-refractivity contribution in [1.29, 1.82) is 0 Å². The highest BCUT2D eigenvalue weighted by molar-refractivity contribution is 5.65. The average molecular weight is 574 g/mol. The largest absolute Gasteiger partial charge is 0.432 e. The predicted octanol–water partition coefficient (Wildman–Crippen LogP) is 7.68. The lowest BCUT2D eigenvalue weighted by Crippen LogP contribution is -2.58. The van der Waals surface area contributed by atoms with Gasteiger partial charge < -0.3 is 18.9 Å². The smallest absolute Gasteiger partial charge is 0.429 e. The van der Waals surface area contributed by atoms with Crippen molar-refractivity contribution in [1.82, 2.24) is 0 Å². The minimum Gasteiger partial charge on any atom is -0.429 e. The van der Waals surface area contributed by atoms with Gasteiger partial charge in [0.15, 0.2) is 17.5 Å². The number of hydrogen-bond acceptors (Lipinski definition) is 4. The zero-order valence-electron chi connectivity index (χ0n) is 20.9. The van der Waals surface area contributed by atoms with Gasteiger partial charge in [0.05, 0.1) is 19.8 Å². The number of rotatable bonds is 8. The molecule has 12 heteroatoms. The molecule has 0 atom stereocenters. The Kier molecular flexibility index (Phi) is 7.30. The molecule has 214 valence electrons. The normalized spacial score (nSPS) is 22.5. The maximum Gasteiger partial charge on any atom is 0.432 e. The fourth-order valence-electron chi connectivity index (χ4n) is 4.74. The van der Waals surface area contributed by atoms with E-state index >= 15 is 0 Å². The van der Waals surface area contributed by atoms with Gasteiger partial charge in [0.1, 0.15) is 28.8 Å². The molecule has 4 nitrogen and oxygen atoms in total. The number of alkyl halides is 2. The average Bonchev–Trinajstić information content (AvgIpc) is 2.90. The minimum absolute atomic E-state index is 0.191. The summed E-state index contributed by atoms with van der Waals surface area (Å²) in [7, 11) is 0. The zero-order valence-corrected chi connectivity index (χ0v) is 20.9. The molecule has 6 rings (SSSR count).